The molecular weight excluding hydrogens is 60.9 g/mol. The maximum atomic E-state index is 5.24. The number of hydrogen-bond donors (Lipinski definition) is 1. The average Bonchev–Trinajstić information content (AvgIpc) is 1.79. The van der Waals surface area contributed by atoms with Crippen LogP contribution in [0.5, 0.6) is 0 Å². The van der Waals surface area contributed by atoms with E-state index in [4.69, 9.17) is 13.6 Å². The van der Waals surface area contributed by atoms with Crippen LogP contribution in [0.25, 0.3) is 0 Å². The van der Waals surface area contributed by atoms with Crippen LogP contribution in [-0.2, 0) is 0 Å². The first-order valence-corrected chi connectivity index (χ1v) is 1.82. The van der Waals surface area contributed by atoms with E-state index in [1.165, 1.54) is 0 Å². The van der Waals surface area contributed by atoms with Gasteiger partial charge in [0.1, 0.15) is 0 Å². The molecule has 0 bridgehead atoms. The molecule has 1 aliphatic rings. The Balaban J connectivity index is 2.20. The normalized spacial score (nSPS) is 49.0. The van der Waals surface area contributed by atoms with Crippen LogP contribution < -0.4 is 5.73 Å². The molecule has 2 N–H and O–H groups in total. The van der Waals surface area contributed by atoms with Gasteiger partial charge in [0.15, 0.2) is 0 Å². The Morgan fingerprint density at radius 1 is 1.80 bits per heavy atom. The Morgan fingerprint density at radius 3 is 2.00 bits per heavy atom. The minimum Gasteiger partial charge on any atom is -0.328 e. The molecule has 2 atom stereocenters. The fourth-order valence-electron chi connectivity index (χ4n) is 0.236. The van der Waals surface area contributed by atoms with E-state index in [0.29, 0.717) is 11.9 Å². The lowest BCUT2D eigenvalue weighted by atomic mass is 10.0. The molecule has 1 nitrogen and oxygen atoms in total. The third kappa shape index (κ3) is 0.455. The van der Waals surface area contributed by atoms with E-state index in [1.807, 2.05) is 0 Å². The van der Waals surface area contributed by atoms with Gasteiger partial charge in [-0.25, -0.2) is 0 Å². The molecule has 2 unspecified atom stereocenters. The highest BCUT2D eigenvalue weighted by Crippen LogP contribution is 2.29. The van der Waals surface area contributed by atoms with Gasteiger partial charge < -0.3 is 5.73 Å². The molecule has 26 valence electrons. The summed E-state index contributed by atoms with van der Waals surface area (Å²) < 4.78 is 0. The SMILES string of the molecule is [B]C1CC1N. The molecule has 0 aromatic rings. The number of nitrogens with two attached hydrogens (primary N) is 1. The zero-order valence-electron chi connectivity index (χ0n) is 3.02. The van der Waals surface area contributed by atoms with Crippen molar-refractivity contribution in [1.82, 2.24) is 0 Å². The van der Waals surface area contributed by atoms with Gasteiger partial charge in [-0.15, -0.1) is 0 Å². The fraction of sp³-hybridized carbons (Fsp3) is 1.00. The second-order valence-corrected chi connectivity index (χ2v) is 1.56. The van der Waals surface area contributed by atoms with Crippen LogP contribution in [0.1, 0.15) is 6.42 Å². The molecule has 0 heterocycles. The highest BCUT2D eigenvalue weighted by atomic mass is 14.7. The zero-order chi connectivity index (χ0) is 3.86. The van der Waals surface area contributed by atoms with Gasteiger partial charge in [-0.1, -0.05) is 5.82 Å². The smallest absolute Gasteiger partial charge is 0.0721 e. The van der Waals surface area contributed by atoms with Crippen LogP contribution in [-0.4, -0.2) is 13.9 Å². The molecule has 0 spiro atoms. The predicted molar refractivity (Wildman–Crippen MR) is 22.1 cm³/mol. The highest BCUT2D eigenvalue weighted by molar-refractivity contribution is 6.14. The lowest BCUT2D eigenvalue weighted by Gasteiger charge is -1.69. The van der Waals surface area contributed by atoms with Crippen molar-refractivity contribution in [2.24, 2.45) is 5.73 Å². The topological polar surface area (TPSA) is 26.0 Å². The van der Waals surface area contributed by atoms with Crippen LogP contribution in [0.15, 0.2) is 0 Å². The van der Waals surface area contributed by atoms with Gasteiger partial charge >= 0.3 is 0 Å². The first-order chi connectivity index (χ1) is 2.30. The van der Waals surface area contributed by atoms with Gasteiger partial charge in [0.25, 0.3) is 0 Å². The van der Waals surface area contributed by atoms with Crippen molar-refractivity contribution in [3.8, 4) is 0 Å². The monoisotopic (exact) mass is 67.1 g/mol. The molecule has 0 aromatic heterocycles. The third-order valence-corrected chi connectivity index (χ3v) is 0.891. The molecule has 1 fully saturated rings. The zero-order valence-corrected chi connectivity index (χ0v) is 3.02. The van der Waals surface area contributed by atoms with Gasteiger partial charge in [0.05, 0.1) is 7.85 Å². The largest absolute Gasteiger partial charge is 0.328 e. The molecule has 1 rings (SSSR count). The molecule has 0 amide bonds. The first-order valence-electron chi connectivity index (χ1n) is 1.82. The van der Waals surface area contributed by atoms with Crippen molar-refractivity contribution in [2.45, 2.75) is 18.3 Å². The van der Waals surface area contributed by atoms with Gasteiger partial charge in [-0.2, -0.15) is 0 Å². The summed E-state index contributed by atoms with van der Waals surface area (Å²) in [6, 6.07) is 0.329. The summed E-state index contributed by atoms with van der Waals surface area (Å²) in [6.45, 7) is 0. The summed E-state index contributed by atoms with van der Waals surface area (Å²) in [6.07, 6.45) is 1.03. The summed E-state index contributed by atoms with van der Waals surface area (Å²) >= 11 is 0. The van der Waals surface area contributed by atoms with Gasteiger partial charge in [-0.3, -0.25) is 0 Å². The summed E-state index contributed by atoms with van der Waals surface area (Å²) in [4.78, 5) is 0. The molecule has 0 aliphatic heterocycles. The maximum Gasteiger partial charge on any atom is 0.0721 e. The highest BCUT2D eigenvalue weighted by Gasteiger charge is 2.26. The molecule has 2 radical (unpaired) electrons. The van der Waals surface area contributed by atoms with Crippen molar-refractivity contribution in [1.29, 1.82) is 0 Å². The Bertz CT molecular complexity index is 40.2. The van der Waals surface area contributed by atoms with E-state index in [2.05, 4.69) is 0 Å². The second-order valence-electron chi connectivity index (χ2n) is 1.56. The Hall–Kier alpha value is 0.0249. The van der Waals surface area contributed by atoms with Crippen LogP contribution >= 0.6 is 0 Å². The Kier molecular flexibility index (Phi) is 0.481. The summed E-state index contributed by atoms with van der Waals surface area (Å²) in [7, 11) is 5.24. The Morgan fingerprint density at radius 2 is 2.00 bits per heavy atom. The molecule has 1 aliphatic carbocycles. The lowest BCUT2D eigenvalue weighted by molar-refractivity contribution is 1.07. The quantitative estimate of drug-likeness (QED) is 0.386. The third-order valence-electron chi connectivity index (χ3n) is 0.891. The molecule has 2 heteroatoms. The van der Waals surface area contributed by atoms with Crippen LogP contribution in [0, 0.1) is 0 Å². The summed E-state index contributed by atoms with van der Waals surface area (Å²) in [5.74, 6) is 0.329. The van der Waals surface area contributed by atoms with Crippen LogP contribution in [0.2, 0.25) is 5.82 Å². The van der Waals surface area contributed by atoms with Crippen molar-refractivity contribution in [3.63, 3.8) is 0 Å². The maximum absolute atomic E-state index is 5.24. The van der Waals surface area contributed by atoms with Gasteiger partial charge in [0.2, 0.25) is 0 Å². The van der Waals surface area contributed by atoms with Gasteiger partial charge in [0, 0.05) is 0 Å². The van der Waals surface area contributed by atoms with Crippen molar-refractivity contribution >= 4 is 7.85 Å². The van der Waals surface area contributed by atoms with E-state index in [-0.39, 0.29) is 0 Å². The predicted octanol–water partition coefficient (Wildman–Crippen LogP) is -0.326. The summed E-state index contributed by atoms with van der Waals surface area (Å²) in [5.41, 5.74) is 5.24. The minimum absolute atomic E-state index is 0.329. The van der Waals surface area contributed by atoms with Crippen molar-refractivity contribution < 1.29 is 0 Å². The molecule has 0 aromatic carbocycles. The van der Waals surface area contributed by atoms with E-state index in [0.717, 1.165) is 6.42 Å². The molecular formula is C3H6BN. The average molecular weight is 66.9 g/mol. The van der Waals surface area contributed by atoms with Crippen LogP contribution in [0.4, 0.5) is 0 Å². The lowest BCUT2D eigenvalue weighted by Crippen LogP contribution is -1.98. The summed E-state index contributed by atoms with van der Waals surface area (Å²) in [5, 5.41) is 0. The van der Waals surface area contributed by atoms with Crippen molar-refractivity contribution in [3.05, 3.63) is 0 Å². The van der Waals surface area contributed by atoms with E-state index >= 15 is 0 Å². The minimum atomic E-state index is 0.329. The fourth-order valence-corrected chi connectivity index (χ4v) is 0.236. The standard InChI is InChI=1S/C3H6BN/c4-2-1-3(2)5/h2-3H,1,5H2. The van der Waals surface area contributed by atoms with Crippen LogP contribution in [0.3, 0.4) is 0 Å². The van der Waals surface area contributed by atoms with Gasteiger partial charge in [-0.05, 0) is 12.5 Å². The van der Waals surface area contributed by atoms with E-state index in [9.17, 15) is 0 Å². The second kappa shape index (κ2) is 0.746. The van der Waals surface area contributed by atoms with E-state index < -0.39 is 0 Å². The number of hydrogen-bond acceptors (Lipinski definition) is 1. The molecule has 0 saturated heterocycles. The number of rotatable bonds is 0. The molecule has 5 heavy (non-hydrogen) atoms. The van der Waals surface area contributed by atoms with E-state index in [1.54, 1.807) is 0 Å². The first kappa shape index (κ1) is 3.22. The Labute approximate surface area is 33.0 Å². The molecule has 1 saturated carbocycles. The van der Waals surface area contributed by atoms with Crippen molar-refractivity contribution in [2.75, 3.05) is 0 Å².